The van der Waals surface area contributed by atoms with Crippen molar-refractivity contribution in [2.45, 2.75) is 31.7 Å². The molecular weight excluding hydrogens is 415 g/mol. The Morgan fingerprint density at radius 3 is 2.60 bits per heavy atom. The second kappa shape index (κ2) is 10.6. The lowest BCUT2D eigenvalue weighted by Crippen LogP contribution is -2.34. The molecule has 1 aliphatic heterocycles. The minimum absolute atomic E-state index is 0. The summed E-state index contributed by atoms with van der Waals surface area (Å²) in [7, 11) is 0. The first kappa shape index (κ1) is 22.4. The number of aromatic nitrogens is 2. The van der Waals surface area contributed by atoms with Gasteiger partial charge in [-0.1, -0.05) is 35.9 Å². The normalized spacial score (nSPS) is 15.2. The molecule has 156 valence electrons. The van der Waals surface area contributed by atoms with Crippen molar-refractivity contribution in [3.05, 3.63) is 88.5 Å². The molecule has 0 aliphatic carbocycles. The molecule has 0 spiro atoms. The molecule has 1 unspecified atom stereocenters. The Balaban J connectivity index is 0.00000256. The number of nitrogens with zero attached hydrogens (tertiary/aromatic N) is 3. The second-order valence-electron chi connectivity index (χ2n) is 7.77. The molecular formula is C24H26Cl2N4. The zero-order valence-corrected chi connectivity index (χ0v) is 18.4. The molecule has 0 bridgehead atoms. The molecule has 1 atom stereocenters. The highest BCUT2D eigenvalue weighted by Gasteiger charge is 2.26. The van der Waals surface area contributed by atoms with Crippen molar-refractivity contribution in [2.75, 3.05) is 13.1 Å². The molecule has 1 aliphatic rings. The van der Waals surface area contributed by atoms with Gasteiger partial charge in [-0.05, 0) is 73.7 Å². The minimum Gasteiger partial charge on any atom is -0.331 e. The number of imidazole rings is 1. The third-order valence-electron chi connectivity index (χ3n) is 5.83. The molecule has 0 radical (unpaired) electrons. The molecule has 1 fully saturated rings. The van der Waals surface area contributed by atoms with E-state index in [0.29, 0.717) is 17.5 Å². The highest BCUT2D eigenvalue weighted by molar-refractivity contribution is 6.30. The number of hydrogen-bond donors (Lipinski definition) is 1. The Hall–Kier alpha value is -2.32. The predicted molar refractivity (Wildman–Crippen MR) is 123 cm³/mol. The molecule has 1 N–H and O–H groups in total. The van der Waals surface area contributed by atoms with E-state index in [2.05, 4.69) is 33.1 Å². The fourth-order valence-electron chi connectivity index (χ4n) is 4.30. The summed E-state index contributed by atoms with van der Waals surface area (Å²) in [4.78, 5) is 4.50. The standard InChI is InChI=1S/C24H25ClN4.ClH/c25-22-3-1-2-20(12-22)14-24(21-8-10-27-11-9-21)29-17-28-16-23(29)13-18-4-6-19(15-26)7-5-18;/h1-7,12,16-17,21,24,27H,8-11,13-14H2;1H. The molecule has 30 heavy (non-hydrogen) atoms. The number of piperidine rings is 1. The molecule has 2 heterocycles. The van der Waals surface area contributed by atoms with E-state index in [-0.39, 0.29) is 12.4 Å². The third-order valence-corrected chi connectivity index (χ3v) is 6.07. The Labute approximate surface area is 189 Å². The van der Waals surface area contributed by atoms with Gasteiger partial charge in [-0.15, -0.1) is 12.4 Å². The minimum atomic E-state index is 0. The summed E-state index contributed by atoms with van der Waals surface area (Å²) >= 11 is 6.25. The lowest BCUT2D eigenvalue weighted by Gasteiger charge is -2.33. The largest absolute Gasteiger partial charge is 0.331 e. The summed E-state index contributed by atoms with van der Waals surface area (Å²) in [5.41, 5.74) is 4.35. The van der Waals surface area contributed by atoms with Gasteiger partial charge in [-0.2, -0.15) is 5.26 Å². The van der Waals surface area contributed by atoms with Gasteiger partial charge in [-0.25, -0.2) is 4.98 Å². The lowest BCUT2D eigenvalue weighted by molar-refractivity contribution is 0.254. The van der Waals surface area contributed by atoms with Crippen molar-refractivity contribution >= 4 is 24.0 Å². The van der Waals surface area contributed by atoms with Crippen molar-refractivity contribution < 1.29 is 0 Å². The van der Waals surface area contributed by atoms with Gasteiger partial charge in [0, 0.05) is 29.4 Å². The summed E-state index contributed by atoms with van der Waals surface area (Å²) in [5, 5.41) is 13.3. The van der Waals surface area contributed by atoms with Crippen LogP contribution in [0.5, 0.6) is 0 Å². The fraction of sp³-hybridized carbons (Fsp3) is 0.333. The molecule has 1 aromatic heterocycles. The Kier molecular flexibility index (Phi) is 7.93. The van der Waals surface area contributed by atoms with Gasteiger partial charge in [0.05, 0.1) is 18.0 Å². The van der Waals surface area contributed by atoms with Crippen molar-refractivity contribution in [1.82, 2.24) is 14.9 Å². The average molecular weight is 441 g/mol. The maximum atomic E-state index is 9.03. The van der Waals surface area contributed by atoms with E-state index in [4.69, 9.17) is 16.9 Å². The number of rotatable bonds is 6. The van der Waals surface area contributed by atoms with Gasteiger partial charge >= 0.3 is 0 Å². The third kappa shape index (κ3) is 5.43. The predicted octanol–water partition coefficient (Wildman–Crippen LogP) is 5.20. The van der Waals surface area contributed by atoms with Crippen LogP contribution < -0.4 is 5.32 Å². The second-order valence-corrected chi connectivity index (χ2v) is 8.20. The van der Waals surface area contributed by atoms with Crippen molar-refractivity contribution in [1.29, 1.82) is 5.26 Å². The fourth-order valence-corrected chi connectivity index (χ4v) is 4.51. The molecule has 0 amide bonds. The van der Waals surface area contributed by atoms with Crippen LogP contribution in [0.4, 0.5) is 0 Å². The first-order valence-electron chi connectivity index (χ1n) is 10.2. The van der Waals surface area contributed by atoms with E-state index in [1.165, 1.54) is 29.7 Å². The maximum absolute atomic E-state index is 9.03. The molecule has 4 rings (SSSR count). The van der Waals surface area contributed by atoms with Gasteiger partial charge < -0.3 is 9.88 Å². The van der Waals surface area contributed by atoms with Gasteiger partial charge in [0.2, 0.25) is 0 Å². The summed E-state index contributed by atoms with van der Waals surface area (Å²) in [6.45, 7) is 2.13. The number of nitriles is 1. The van der Waals surface area contributed by atoms with Crippen molar-refractivity contribution in [3.8, 4) is 6.07 Å². The zero-order chi connectivity index (χ0) is 20.1. The van der Waals surface area contributed by atoms with Crippen molar-refractivity contribution in [3.63, 3.8) is 0 Å². The van der Waals surface area contributed by atoms with Crippen molar-refractivity contribution in [2.24, 2.45) is 5.92 Å². The smallest absolute Gasteiger partial charge is 0.0991 e. The number of nitrogens with one attached hydrogen (secondary N) is 1. The Morgan fingerprint density at radius 2 is 1.90 bits per heavy atom. The molecule has 4 nitrogen and oxygen atoms in total. The van der Waals surface area contributed by atoms with Gasteiger partial charge in [0.25, 0.3) is 0 Å². The van der Waals surface area contributed by atoms with Gasteiger partial charge in [-0.3, -0.25) is 0 Å². The summed E-state index contributed by atoms with van der Waals surface area (Å²) in [5.74, 6) is 0.601. The van der Waals surface area contributed by atoms with Crippen LogP contribution in [-0.4, -0.2) is 22.6 Å². The van der Waals surface area contributed by atoms with Gasteiger partial charge in [0.1, 0.15) is 0 Å². The van der Waals surface area contributed by atoms with E-state index >= 15 is 0 Å². The molecule has 3 aromatic rings. The first-order chi connectivity index (χ1) is 14.2. The number of halogens is 2. The van der Waals surface area contributed by atoms with Crippen LogP contribution in [0.1, 0.15) is 41.3 Å². The van der Waals surface area contributed by atoms with Crippen LogP contribution in [0.3, 0.4) is 0 Å². The molecule has 6 heteroatoms. The zero-order valence-electron chi connectivity index (χ0n) is 16.8. The van der Waals surface area contributed by atoms with Crippen LogP contribution in [0.15, 0.2) is 61.1 Å². The van der Waals surface area contributed by atoms with E-state index in [9.17, 15) is 0 Å². The van der Waals surface area contributed by atoms with E-state index < -0.39 is 0 Å². The summed E-state index contributed by atoms with van der Waals surface area (Å²) < 4.78 is 2.37. The van der Waals surface area contributed by atoms with Crippen LogP contribution in [0.2, 0.25) is 5.02 Å². The summed E-state index contributed by atoms with van der Waals surface area (Å²) in [6.07, 6.45) is 8.05. The Bertz CT molecular complexity index is 985. The molecule has 0 saturated carbocycles. The average Bonchev–Trinajstić information content (AvgIpc) is 3.21. The SMILES string of the molecule is Cl.N#Cc1ccc(Cc2cncn2C(Cc2cccc(Cl)c2)C2CCNCC2)cc1. The van der Waals surface area contributed by atoms with Gasteiger partial charge in [0.15, 0.2) is 0 Å². The van der Waals surface area contributed by atoms with E-state index in [1.54, 1.807) is 0 Å². The topological polar surface area (TPSA) is 53.6 Å². The Morgan fingerprint density at radius 1 is 1.13 bits per heavy atom. The van der Waals surface area contributed by atoms with Crippen LogP contribution in [-0.2, 0) is 12.8 Å². The van der Waals surface area contributed by atoms with E-state index in [0.717, 1.165) is 31.0 Å². The quantitative estimate of drug-likeness (QED) is 0.572. The highest BCUT2D eigenvalue weighted by atomic mass is 35.5. The lowest BCUT2D eigenvalue weighted by atomic mass is 9.86. The maximum Gasteiger partial charge on any atom is 0.0991 e. The van der Waals surface area contributed by atoms with E-state index in [1.807, 2.05) is 48.9 Å². The van der Waals surface area contributed by atoms with Crippen LogP contribution in [0, 0.1) is 17.2 Å². The number of benzene rings is 2. The summed E-state index contributed by atoms with van der Waals surface area (Å²) in [6, 6.07) is 18.6. The highest BCUT2D eigenvalue weighted by Crippen LogP contribution is 2.32. The number of hydrogen-bond acceptors (Lipinski definition) is 3. The molecule has 1 saturated heterocycles. The molecule has 2 aromatic carbocycles. The van der Waals surface area contributed by atoms with Crippen LogP contribution >= 0.6 is 24.0 Å². The first-order valence-corrected chi connectivity index (χ1v) is 10.6. The monoisotopic (exact) mass is 440 g/mol. The van der Waals surface area contributed by atoms with Crippen LogP contribution in [0.25, 0.3) is 0 Å².